The zero-order chi connectivity index (χ0) is 13.0. The van der Waals surface area contributed by atoms with Gasteiger partial charge in [-0.3, -0.25) is 4.79 Å². The molecule has 0 bridgehead atoms. The molecule has 0 atom stereocenters. The topological polar surface area (TPSA) is 70.7 Å². The summed E-state index contributed by atoms with van der Waals surface area (Å²) in [7, 11) is 0. The van der Waals surface area contributed by atoms with E-state index in [9.17, 15) is 4.79 Å². The molecule has 1 aliphatic heterocycles. The molecule has 1 heterocycles. The van der Waals surface area contributed by atoms with Crippen LogP contribution in [0.4, 0.5) is 0 Å². The third-order valence-corrected chi connectivity index (χ3v) is 3.78. The second kappa shape index (κ2) is 7.91. The lowest BCUT2D eigenvalue weighted by Crippen LogP contribution is -2.43. The minimum atomic E-state index is -0.0183. The standard InChI is InChI=1S/C13H24N4O.HI/c1-10-4-6-17(7-5-10)13(14)16-9-12(18)15-8-11-2-3-11;/h10-11H,2-9H2,1H3,(H2,14,16)(H,15,18);1H. The van der Waals surface area contributed by atoms with Crippen molar-refractivity contribution >= 4 is 35.8 Å². The van der Waals surface area contributed by atoms with Gasteiger partial charge in [0.25, 0.3) is 0 Å². The van der Waals surface area contributed by atoms with Crippen molar-refractivity contribution in [3.8, 4) is 0 Å². The Kier molecular flexibility index (Phi) is 6.88. The summed E-state index contributed by atoms with van der Waals surface area (Å²) in [5.41, 5.74) is 5.91. The molecule has 0 radical (unpaired) electrons. The molecule has 1 amide bonds. The fourth-order valence-electron chi connectivity index (χ4n) is 2.13. The summed E-state index contributed by atoms with van der Waals surface area (Å²) >= 11 is 0. The lowest BCUT2D eigenvalue weighted by molar-refractivity contribution is -0.119. The summed E-state index contributed by atoms with van der Waals surface area (Å²) in [6.07, 6.45) is 4.81. The Labute approximate surface area is 132 Å². The van der Waals surface area contributed by atoms with Crippen molar-refractivity contribution < 1.29 is 4.79 Å². The monoisotopic (exact) mass is 380 g/mol. The molecule has 2 fully saturated rings. The van der Waals surface area contributed by atoms with Crippen LogP contribution in [0.25, 0.3) is 0 Å². The normalized spacial score (nSPS) is 20.9. The maximum atomic E-state index is 11.5. The van der Waals surface area contributed by atoms with E-state index in [0.717, 1.165) is 38.4 Å². The van der Waals surface area contributed by atoms with E-state index in [0.29, 0.717) is 11.9 Å². The van der Waals surface area contributed by atoms with Crippen molar-refractivity contribution in [2.24, 2.45) is 22.6 Å². The van der Waals surface area contributed by atoms with E-state index < -0.39 is 0 Å². The smallest absolute Gasteiger partial charge is 0.241 e. The first-order chi connectivity index (χ1) is 8.65. The maximum Gasteiger partial charge on any atom is 0.241 e. The highest BCUT2D eigenvalue weighted by Crippen LogP contribution is 2.27. The fourth-order valence-corrected chi connectivity index (χ4v) is 2.13. The Morgan fingerprint density at radius 1 is 1.32 bits per heavy atom. The summed E-state index contributed by atoms with van der Waals surface area (Å²) in [4.78, 5) is 17.8. The summed E-state index contributed by atoms with van der Waals surface area (Å²) in [6.45, 7) is 5.14. The number of hydrogen-bond donors (Lipinski definition) is 2. The second-order valence-corrected chi connectivity index (χ2v) is 5.59. The summed E-state index contributed by atoms with van der Waals surface area (Å²) in [5.74, 6) is 1.98. The molecule has 2 rings (SSSR count). The van der Waals surface area contributed by atoms with Gasteiger partial charge in [-0.25, -0.2) is 4.99 Å². The number of amides is 1. The molecular formula is C13H25IN4O. The maximum absolute atomic E-state index is 11.5. The number of piperidine rings is 1. The van der Waals surface area contributed by atoms with Crippen LogP contribution in [0.5, 0.6) is 0 Å². The molecule has 6 heteroatoms. The minimum Gasteiger partial charge on any atom is -0.370 e. The van der Waals surface area contributed by atoms with E-state index in [1.165, 1.54) is 12.8 Å². The number of halogens is 1. The van der Waals surface area contributed by atoms with Gasteiger partial charge in [-0.2, -0.15) is 0 Å². The van der Waals surface area contributed by atoms with Gasteiger partial charge < -0.3 is 16.0 Å². The lowest BCUT2D eigenvalue weighted by Gasteiger charge is -2.30. The van der Waals surface area contributed by atoms with Crippen LogP contribution in [0, 0.1) is 11.8 Å². The molecule has 0 unspecified atom stereocenters. The average molecular weight is 380 g/mol. The average Bonchev–Trinajstić information content (AvgIpc) is 3.18. The van der Waals surface area contributed by atoms with Crippen LogP contribution in [0.3, 0.4) is 0 Å². The van der Waals surface area contributed by atoms with Crippen LogP contribution >= 0.6 is 24.0 Å². The Bertz CT molecular complexity index is 323. The first-order valence-electron chi connectivity index (χ1n) is 6.96. The zero-order valence-electron chi connectivity index (χ0n) is 11.6. The van der Waals surface area contributed by atoms with E-state index in [4.69, 9.17) is 5.73 Å². The molecule has 1 saturated heterocycles. The van der Waals surface area contributed by atoms with E-state index in [-0.39, 0.29) is 36.4 Å². The Balaban J connectivity index is 0.00000180. The summed E-state index contributed by atoms with van der Waals surface area (Å²) < 4.78 is 0. The number of likely N-dealkylation sites (tertiary alicyclic amines) is 1. The molecule has 1 saturated carbocycles. The quantitative estimate of drug-likeness (QED) is 0.437. The van der Waals surface area contributed by atoms with Gasteiger partial charge in [-0.15, -0.1) is 24.0 Å². The van der Waals surface area contributed by atoms with Gasteiger partial charge in [0.05, 0.1) is 0 Å². The van der Waals surface area contributed by atoms with Gasteiger partial charge in [0.2, 0.25) is 5.91 Å². The molecule has 0 aromatic heterocycles. The summed E-state index contributed by atoms with van der Waals surface area (Å²) in [5, 5.41) is 2.89. The number of guanidine groups is 1. The number of hydrogen-bond acceptors (Lipinski definition) is 2. The minimum absolute atomic E-state index is 0. The van der Waals surface area contributed by atoms with Gasteiger partial charge in [-0.05, 0) is 37.5 Å². The third kappa shape index (κ3) is 5.97. The molecule has 3 N–H and O–H groups in total. The first kappa shape index (κ1) is 16.5. The van der Waals surface area contributed by atoms with Gasteiger partial charge in [0, 0.05) is 19.6 Å². The van der Waals surface area contributed by atoms with Crippen molar-refractivity contribution in [1.82, 2.24) is 10.2 Å². The molecule has 0 aromatic rings. The molecule has 19 heavy (non-hydrogen) atoms. The molecule has 1 aliphatic carbocycles. The Morgan fingerprint density at radius 3 is 2.53 bits per heavy atom. The molecular weight excluding hydrogens is 355 g/mol. The first-order valence-corrected chi connectivity index (χ1v) is 6.96. The lowest BCUT2D eigenvalue weighted by atomic mass is 10.00. The number of nitrogens with zero attached hydrogens (tertiary/aromatic N) is 2. The van der Waals surface area contributed by atoms with E-state index >= 15 is 0 Å². The van der Waals surface area contributed by atoms with Gasteiger partial charge in [-0.1, -0.05) is 6.92 Å². The highest BCUT2D eigenvalue weighted by molar-refractivity contribution is 14.0. The van der Waals surface area contributed by atoms with Crippen LogP contribution in [-0.2, 0) is 4.79 Å². The van der Waals surface area contributed by atoms with Crippen molar-refractivity contribution in [3.63, 3.8) is 0 Å². The molecule has 110 valence electrons. The number of nitrogens with two attached hydrogens (primary N) is 1. The van der Waals surface area contributed by atoms with Crippen LogP contribution in [0.2, 0.25) is 0 Å². The van der Waals surface area contributed by atoms with E-state index in [1.54, 1.807) is 0 Å². The molecule has 2 aliphatic rings. The van der Waals surface area contributed by atoms with Gasteiger partial charge in [0.1, 0.15) is 6.54 Å². The van der Waals surface area contributed by atoms with Gasteiger partial charge in [0.15, 0.2) is 5.96 Å². The number of nitrogens with one attached hydrogen (secondary N) is 1. The van der Waals surface area contributed by atoms with Crippen molar-refractivity contribution in [1.29, 1.82) is 0 Å². The van der Waals surface area contributed by atoms with Crippen LogP contribution < -0.4 is 11.1 Å². The molecule has 0 spiro atoms. The van der Waals surface area contributed by atoms with Crippen molar-refractivity contribution in [3.05, 3.63) is 0 Å². The Hall–Kier alpha value is -0.530. The third-order valence-electron chi connectivity index (χ3n) is 3.78. The SMILES string of the molecule is CC1CCN(C(N)=NCC(=O)NCC2CC2)CC1.I. The predicted molar refractivity (Wildman–Crippen MR) is 87.6 cm³/mol. The number of aliphatic imine (C=N–C) groups is 1. The van der Waals surface area contributed by atoms with E-state index in [1.807, 2.05) is 0 Å². The van der Waals surface area contributed by atoms with Crippen LogP contribution in [0.15, 0.2) is 4.99 Å². The largest absolute Gasteiger partial charge is 0.370 e. The number of carbonyl (C=O) groups is 1. The molecule has 0 aromatic carbocycles. The highest BCUT2D eigenvalue weighted by Gasteiger charge is 2.21. The predicted octanol–water partition coefficient (Wildman–Crippen LogP) is 1.18. The highest BCUT2D eigenvalue weighted by atomic mass is 127. The van der Waals surface area contributed by atoms with Crippen molar-refractivity contribution in [2.45, 2.75) is 32.6 Å². The zero-order valence-corrected chi connectivity index (χ0v) is 13.9. The molecule has 5 nitrogen and oxygen atoms in total. The second-order valence-electron chi connectivity index (χ2n) is 5.59. The number of carbonyl (C=O) groups excluding carboxylic acids is 1. The Morgan fingerprint density at radius 2 is 1.95 bits per heavy atom. The van der Waals surface area contributed by atoms with Crippen LogP contribution in [-0.4, -0.2) is 42.9 Å². The fraction of sp³-hybridized carbons (Fsp3) is 0.846. The van der Waals surface area contributed by atoms with E-state index in [2.05, 4.69) is 22.1 Å². The van der Waals surface area contributed by atoms with Crippen LogP contribution in [0.1, 0.15) is 32.6 Å². The number of rotatable bonds is 4. The van der Waals surface area contributed by atoms with Crippen molar-refractivity contribution in [2.75, 3.05) is 26.2 Å². The summed E-state index contributed by atoms with van der Waals surface area (Å²) in [6, 6.07) is 0. The van der Waals surface area contributed by atoms with Gasteiger partial charge >= 0.3 is 0 Å².